The van der Waals surface area contributed by atoms with Gasteiger partial charge in [0.1, 0.15) is 5.75 Å². The highest BCUT2D eigenvalue weighted by molar-refractivity contribution is 5.75. The number of phenols is 1. The van der Waals surface area contributed by atoms with Crippen molar-refractivity contribution in [2.75, 3.05) is 0 Å². The summed E-state index contributed by atoms with van der Waals surface area (Å²) in [5.74, 6) is 0.928. The maximum Gasteiger partial charge on any atom is 0.220 e. The van der Waals surface area contributed by atoms with Crippen LogP contribution in [0.5, 0.6) is 5.75 Å². The molecule has 20 heavy (non-hydrogen) atoms. The Labute approximate surface area is 122 Å². The van der Waals surface area contributed by atoms with Crippen molar-refractivity contribution in [1.29, 1.82) is 0 Å². The number of benzene rings is 1. The van der Waals surface area contributed by atoms with Crippen molar-refractivity contribution < 1.29 is 9.90 Å². The molecule has 1 aromatic carbocycles. The second-order valence-corrected chi connectivity index (χ2v) is 5.90. The standard InChI is InChI=1S/C17H27NO2/c1-5-6-7-16(19)18-11-15-10-14(8-12(2)3)9-13(4)17(15)20/h9-10,12,20H,5-8,11H2,1-4H3,(H,18,19). The SMILES string of the molecule is CCCCC(=O)NCc1cc(CC(C)C)cc(C)c1O. The summed E-state index contributed by atoms with van der Waals surface area (Å²) in [5.41, 5.74) is 2.90. The van der Waals surface area contributed by atoms with Crippen LogP contribution in [-0.4, -0.2) is 11.0 Å². The van der Waals surface area contributed by atoms with Crippen LogP contribution in [0.15, 0.2) is 12.1 Å². The van der Waals surface area contributed by atoms with Crippen molar-refractivity contribution in [3.63, 3.8) is 0 Å². The van der Waals surface area contributed by atoms with Gasteiger partial charge in [-0.1, -0.05) is 39.3 Å². The summed E-state index contributed by atoms with van der Waals surface area (Å²) in [7, 11) is 0. The molecule has 2 N–H and O–H groups in total. The van der Waals surface area contributed by atoms with Gasteiger partial charge in [-0.2, -0.15) is 0 Å². The molecule has 1 rings (SSSR count). The lowest BCUT2D eigenvalue weighted by Gasteiger charge is -2.13. The van der Waals surface area contributed by atoms with Crippen LogP contribution in [0.1, 0.15) is 56.7 Å². The molecule has 0 radical (unpaired) electrons. The van der Waals surface area contributed by atoms with E-state index in [0.717, 1.165) is 30.4 Å². The minimum absolute atomic E-state index is 0.0539. The zero-order valence-electron chi connectivity index (χ0n) is 13.1. The Morgan fingerprint density at radius 3 is 2.65 bits per heavy atom. The maximum absolute atomic E-state index is 11.6. The molecule has 0 aliphatic heterocycles. The van der Waals surface area contributed by atoms with Crippen molar-refractivity contribution in [3.8, 4) is 5.75 Å². The number of hydrogen-bond donors (Lipinski definition) is 2. The molecule has 0 bridgehead atoms. The van der Waals surface area contributed by atoms with Crippen LogP contribution < -0.4 is 5.32 Å². The largest absolute Gasteiger partial charge is 0.507 e. The molecular formula is C17H27NO2. The van der Waals surface area contributed by atoms with Crippen LogP contribution >= 0.6 is 0 Å². The fraction of sp³-hybridized carbons (Fsp3) is 0.588. The molecule has 0 unspecified atom stereocenters. The minimum atomic E-state index is 0.0539. The van der Waals surface area contributed by atoms with Crippen LogP contribution in [0.2, 0.25) is 0 Å². The molecule has 0 saturated heterocycles. The molecular weight excluding hydrogens is 250 g/mol. The summed E-state index contributed by atoms with van der Waals surface area (Å²) in [4.78, 5) is 11.6. The first-order chi connectivity index (χ1) is 9.43. The van der Waals surface area contributed by atoms with Crippen LogP contribution in [0.3, 0.4) is 0 Å². The Morgan fingerprint density at radius 1 is 1.35 bits per heavy atom. The summed E-state index contributed by atoms with van der Waals surface area (Å²) in [6, 6.07) is 4.03. The molecule has 1 amide bonds. The van der Waals surface area contributed by atoms with Crippen molar-refractivity contribution in [2.24, 2.45) is 5.92 Å². The van der Waals surface area contributed by atoms with E-state index in [1.54, 1.807) is 0 Å². The Hall–Kier alpha value is -1.51. The van der Waals surface area contributed by atoms with E-state index in [0.29, 0.717) is 24.6 Å². The minimum Gasteiger partial charge on any atom is -0.507 e. The van der Waals surface area contributed by atoms with Gasteiger partial charge in [0.25, 0.3) is 0 Å². The van der Waals surface area contributed by atoms with E-state index in [-0.39, 0.29) is 5.91 Å². The molecule has 0 aliphatic rings. The molecule has 0 saturated carbocycles. The lowest BCUT2D eigenvalue weighted by molar-refractivity contribution is -0.121. The van der Waals surface area contributed by atoms with Crippen molar-refractivity contribution in [3.05, 3.63) is 28.8 Å². The van der Waals surface area contributed by atoms with Gasteiger partial charge in [-0.3, -0.25) is 4.79 Å². The normalized spacial score (nSPS) is 10.8. The first-order valence-electron chi connectivity index (χ1n) is 7.52. The molecule has 0 aliphatic carbocycles. The van der Waals surface area contributed by atoms with Gasteiger partial charge in [-0.15, -0.1) is 0 Å². The number of amides is 1. The molecule has 0 heterocycles. The van der Waals surface area contributed by atoms with Gasteiger partial charge in [0.05, 0.1) is 0 Å². The average Bonchev–Trinajstić information content (AvgIpc) is 2.38. The Bertz CT molecular complexity index is 453. The highest BCUT2D eigenvalue weighted by atomic mass is 16.3. The quantitative estimate of drug-likeness (QED) is 0.798. The molecule has 3 nitrogen and oxygen atoms in total. The molecule has 3 heteroatoms. The van der Waals surface area contributed by atoms with E-state index >= 15 is 0 Å². The van der Waals surface area contributed by atoms with E-state index < -0.39 is 0 Å². The summed E-state index contributed by atoms with van der Waals surface area (Å²) < 4.78 is 0. The Morgan fingerprint density at radius 2 is 2.05 bits per heavy atom. The Balaban J connectivity index is 2.73. The summed E-state index contributed by atoms with van der Waals surface area (Å²) in [6.07, 6.45) is 3.46. The van der Waals surface area contributed by atoms with Crippen LogP contribution in [0.25, 0.3) is 0 Å². The molecule has 0 atom stereocenters. The molecule has 0 spiro atoms. The second kappa shape index (κ2) is 7.93. The fourth-order valence-electron chi connectivity index (χ4n) is 2.28. The van der Waals surface area contributed by atoms with Gasteiger partial charge in [0, 0.05) is 18.5 Å². The monoisotopic (exact) mass is 277 g/mol. The van der Waals surface area contributed by atoms with Crippen LogP contribution in [0, 0.1) is 12.8 Å². The number of nitrogens with one attached hydrogen (secondary N) is 1. The summed E-state index contributed by atoms with van der Waals surface area (Å²) in [6.45, 7) is 8.73. The predicted molar refractivity (Wildman–Crippen MR) is 82.8 cm³/mol. The van der Waals surface area contributed by atoms with Crippen molar-refractivity contribution >= 4 is 5.91 Å². The smallest absolute Gasteiger partial charge is 0.220 e. The summed E-state index contributed by atoms with van der Waals surface area (Å²) in [5, 5.41) is 13.0. The van der Waals surface area contributed by atoms with E-state index in [9.17, 15) is 9.90 Å². The highest BCUT2D eigenvalue weighted by Crippen LogP contribution is 2.25. The van der Waals surface area contributed by atoms with Crippen LogP contribution in [-0.2, 0) is 17.8 Å². The van der Waals surface area contributed by atoms with Gasteiger partial charge >= 0.3 is 0 Å². The van der Waals surface area contributed by atoms with Gasteiger partial charge in [-0.25, -0.2) is 0 Å². The lowest BCUT2D eigenvalue weighted by Crippen LogP contribution is -2.22. The number of aromatic hydroxyl groups is 1. The topological polar surface area (TPSA) is 49.3 Å². The first kappa shape index (κ1) is 16.5. The van der Waals surface area contributed by atoms with E-state index in [4.69, 9.17) is 0 Å². The van der Waals surface area contributed by atoms with Gasteiger partial charge in [-0.05, 0) is 36.8 Å². The third-order valence-electron chi connectivity index (χ3n) is 3.32. The van der Waals surface area contributed by atoms with Gasteiger partial charge in [0.2, 0.25) is 5.91 Å². The van der Waals surface area contributed by atoms with E-state index in [1.165, 1.54) is 5.56 Å². The fourth-order valence-corrected chi connectivity index (χ4v) is 2.28. The number of carbonyl (C=O) groups excluding carboxylic acids is 1. The number of rotatable bonds is 7. The zero-order valence-corrected chi connectivity index (χ0v) is 13.1. The predicted octanol–water partition coefficient (Wildman–Crippen LogP) is 3.71. The highest BCUT2D eigenvalue weighted by Gasteiger charge is 2.09. The Kier molecular flexibility index (Phi) is 6.56. The summed E-state index contributed by atoms with van der Waals surface area (Å²) >= 11 is 0. The molecule has 0 aromatic heterocycles. The zero-order chi connectivity index (χ0) is 15.1. The van der Waals surface area contributed by atoms with Crippen molar-refractivity contribution in [2.45, 2.75) is 59.9 Å². The number of phenolic OH excluding ortho intramolecular Hbond substituents is 1. The number of aryl methyl sites for hydroxylation is 1. The van der Waals surface area contributed by atoms with Crippen molar-refractivity contribution in [1.82, 2.24) is 5.32 Å². The third-order valence-corrected chi connectivity index (χ3v) is 3.32. The number of carbonyl (C=O) groups is 1. The van der Waals surface area contributed by atoms with E-state index in [2.05, 4.69) is 26.1 Å². The average molecular weight is 277 g/mol. The van der Waals surface area contributed by atoms with E-state index in [1.807, 2.05) is 19.1 Å². The second-order valence-electron chi connectivity index (χ2n) is 5.90. The number of unbranched alkanes of at least 4 members (excludes halogenated alkanes) is 1. The van der Waals surface area contributed by atoms with Crippen LogP contribution in [0.4, 0.5) is 0 Å². The van der Waals surface area contributed by atoms with Gasteiger partial charge < -0.3 is 10.4 Å². The maximum atomic E-state index is 11.6. The molecule has 0 fully saturated rings. The molecule has 1 aromatic rings. The van der Waals surface area contributed by atoms with Gasteiger partial charge in [0.15, 0.2) is 0 Å². The number of hydrogen-bond acceptors (Lipinski definition) is 2. The first-order valence-corrected chi connectivity index (χ1v) is 7.52. The molecule has 112 valence electrons. The lowest BCUT2D eigenvalue weighted by atomic mass is 9.98. The third kappa shape index (κ3) is 5.24.